The lowest BCUT2D eigenvalue weighted by Gasteiger charge is -2.39. The normalized spacial score (nSPS) is 18.3. The van der Waals surface area contributed by atoms with Gasteiger partial charge in [0.2, 0.25) is 0 Å². The van der Waals surface area contributed by atoms with Crippen LogP contribution in [-0.4, -0.2) is 42.1 Å². The minimum atomic E-state index is 0.233. The van der Waals surface area contributed by atoms with Gasteiger partial charge in [-0.2, -0.15) is 0 Å². The van der Waals surface area contributed by atoms with Crippen molar-refractivity contribution in [2.75, 3.05) is 31.1 Å². The molecule has 0 radical (unpaired) electrons. The van der Waals surface area contributed by atoms with E-state index >= 15 is 0 Å². The summed E-state index contributed by atoms with van der Waals surface area (Å²) in [5.74, 6) is 0. The van der Waals surface area contributed by atoms with Crippen LogP contribution in [0.25, 0.3) is 0 Å². The Labute approximate surface area is 125 Å². The average molecular weight is 298 g/mol. The molecule has 2 rings (SSSR count). The van der Waals surface area contributed by atoms with Crippen molar-refractivity contribution in [3.05, 3.63) is 29.3 Å². The fourth-order valence-electron chi connectivity index (χ4n) is 2.60. The van der Waals surface area contributed by atoms with Crippen molar-refractivity contribution in [1.82, 2.24) is 4.90 Å². The summed E-state index contributed by atoms with van der Waals surface area (Å²) >= 11 is 11.2. The molecule has 2 N–H and O–H groups in total. The van der Waals surface area contributed by atoms with Crippen molar-refractivity contribution in [1.29, 1.82) is 0 Å². The number of rotatable bonds is 4. The predicted octanol–water partition coefficient (Wildman–Crippen LogP) is 2.53. The molecular weight excluding hydrogens is 278 g/mol. The van der Waals surface area contributed by atoms with Crippen LogP contribution in [0.15, 0.2) is 24.3 Å². The van der Waals surface area contributed by atoms with Gasteiger partial charge in [-0.1, -0.05) is 36.8 Å². The Kier molecular flexibility index (Phi) is 5.02. The Morgan fingerprint density at radius 3 is 2.58 bits per heavy atom. The molecule has 0 aliphatic carbocycles. The molecule has 1 unspecified atom stereocenters. The molecule has 0 amide bonds. The molecule has 19 heavy (non-hydrogen) atoms. The maximum absolute atomic E-state index is 6.04. The van der Waals surface area contributed by atoms with Gasteiger partial charge in [0.15, 0.2) is 0 Å². The Bertz CT molecular complexity index is 444. The Morgan fingerprint density at radius 1 is 1.37 bits per heavy atom. The fourth-order valence-corrected chi connectivity index (χ4v) is 3.10. The van der Waals surface area contributed by atoms with Crippen LogP contribution in [0.4, 0.5) is 5.69 Å². The first kappa shape index (κ1) is 14.6. The SMILES string of the molecule is CCC(C(N)=S)N1CCN(c2cccc(Cl)c2)CC1. The van der Waals surface area contributed by atoms with Crippen molar-refractivity contribution >= 4 is 34.5 Å². The summed E-state index contributed by atoms with van der Waals surface area (Å²) in [7, 11) is 0. The van der Waals surface area contributed by atoms with Crippen LogP contribution in [0.3, 0.4) is 0 Å². The molecule has 0 aromatic heterocycles. The van der Waals surface area contributed by atoms with Crippen LogP contribution in [0.5, 0.6) is 0 Å². The van der Waals surface area contributed by atoms with Crippen LogP contribution in [0, 0.1) is 0 Å². The first-order chi connectivity index (χ1) is 9.11. The molecular formula is C14H20ClN3S. The minimum Gasteiger partial charge on any atom is -0.392 e. The second-order valence-electron chi connectivity index (χ2n) is 4.83. The molecule has 1 fully saturated rings. The average Bonchev–Trinajstić information content (AvgIpc) is 2.40. The molecule has 1 aromatic carbocycles. The van der Waals surface area contributed by atoms with E-state index in [9.17, 15) is 0 Å². The van der Waals surface area contributed by atoms with Crippen molar-refractivity contribution < 1.29 is 0 Å². The second kappa shape index (κ2) is 6.55. The largest absolute Gasteiger partial charge is 0.392 e. The molecule has 0 saturated carbocycles. The third kappa shape index (κ3) is 3.59. The van der Waals surface area contributed by atoms with Gasteiger partial charge in [-0.25, -0.2) is 0 Å². The summed E-state index contributed by atoms with van der Waals surface area (Å²) in [5.41, 5.74) is 6.99. The highest BCUT2D eigenvalue weighted by molar-refractivity contribution is 7.80. The molecule has 0 spiro atoms. The zero-order valence-electron chi connectivity index (χ0n) is 11.2. The highest BCUT2D eigenvalue weighted by Gasteiger charge is 2.24. The molecule has 104 valence electrons. The summed E-state index contributed by atoms with van der Waals surface area (Å²) in [6.45, 7) is 6.08. The van der Waals surface area contributed by atoms with Gasteiger partial charge in [0.1, 0.15) is 0 Å². The van der Waals surface area contributed by atoms with Crippen LogP contribution in [0.2, 0.25) is 5.02 Å². The highest BCUT2D eigenvalue weighted by Crippen LogP contribution is 2.21. The molecule has 3 nitrogen and oxygen atoms in total. The molecule has 1 aromatic rings. The molecule has 1 saturated heterocycles. The predicted molar refractivity (Wildman–Crippen MR) is 86.1 cm³/mol. The number of hydrogen-bond acceptors (Lipinski definition) is 3. The lowest BCUT2D eigenvalue weighted by atomic mass is 10.1. The molecule has 1 aliphatic rings. The van der Waals surface area contributed by atoms with Crippen molar-refractivity contribution in [3.63, 3.8) is 0 Å². The van der Waals surface area contributed by atoms with E-state index in [1.54, 1.807) is 0 Å². The Morgan fingerprint density at radius 2 is 2.05 bits per heavy atom. The lowest BCUT2D eigenvalue weighted by molar-refractivity contribution is 0.224. The smallest absolute Gasteiger partial charge is 0.0901 e. The quantitative estimate of drug-likeness (QED) is 0.866. The Hall–Kier alpha value is -0.840. The van der Waals surface area contributed by atoms with E-state index in [0.29, 0.717) is 4.99 Å². The van der Waals surface area contributed by atoms with Gasteiger partial charge in [-0.3, -0.25) is 4.90 Å². The molecule has 1 aliphatic heterocycles. The third-order valence-electron chi connectivity index (χ3n) is 3.64. The number of piperazine rings is 1. The zero-order valence-corrected chi connectivity index (χ0v) is 12.8. The summed E-state index contributed by atoms with van der Waals surface area (Å²) in [6.07, 6.45) is 0.979. The molecule has 5 heteroatoms. The number of anilines is 1. The summed E-state index contributed by atoms with van der Waals surface area (Å²) in [5, 5.41) is 0.787. The van der Waals surface area contributed by atoms with E-state index in [-0.39, 0.29) is 6.04 Å². The van der Waals surface area contributed by atoms with E-state index in [0.717, 1.165) is 37.6 Å². The van der Waals surface area contributed by atoms with E-state index in [1.807, 2.05) is 18.2 Å². The van der Waals surface area contributed by atoms with E-state index in [4.69, 9.17) is 29.6 Å². The monoisotopic (exact) mass is 297 g/mol. The van der Waals surface area contributed by atoms with Gasteiger partial charge in [0.25, 0.3) is 0 Å². The maximum atomic E-state index is 6.04. The van der Waals surface area contributed by atoms with Crippen LogP contribution >= 0.6 is 23.8 Å². The standard InChI is InChI=1S/C14H20ClN3S/c1-2-13(14(16)19)18-8-6-17(7-9-18)12-5-3-4-11(15)10-12/h3-5,10,13H,2,6-9H2,1H3,(H2,16,19). The van der Waals surface area contributed by atoms with Crippen molar-refractivity contribution in [2.45, 2.75) is 19.4 Å². The van der Waals surface area contributed by atoms with Crippen LogP contribution < -0.4 is 10.6 Å². The Balaban J connectivity index is 1.97. The van der Waals surface area contributed by atoms with Gasteiger partial charge < -0.3 is 10.6 Å². The number of thiocarbonyl (C=S) groups is 1. The molecule has 0 bridgehead atoms. The summed E-state index contributed by atoms with van der Waals surface area (Å²) < 4.78 is 0. The first-order valence-corrected chi connectivity index (χ1v) is 7.44. The van der Waals surface area contributed by atoms with Crippen molar-refractivity contribution in [3.8, 4) is 0 Å². The van der Waals surface area contributed by atoms with E-state index < -0.39 is 0 Å². The minimum absolute atomic E-state index is 0.233. The van der Waals surface area contributed by atoms with Crippen LogP contribution in [0.1, 0.15) is 13.3 Å². The third-order valence-corrected chi connectivity index (χ3v) is 4.15. The van der Waals surface area contributed by atoms with Gasteiger partial charge in [-0.15, -0.1) is 0 Å². The maximum Gasteiger partial charge on any atom is 0.0901 e. The number of benzene rings is 1. The number of halogens is 1. The molecule has 1 atom stereocenters. The topological polar surface area (TPSA) is 32.5 Å². The fraction of sp³-hybridized carbons (Fsp3) is 0.500. The molecule has 1 heterocycles. The van der Waals surface area contributed by atoms with Crippen LogP contribution in [-0.2, 0) is 0 Å². The first-order valence-electron chi connectivity index (χ1n) is 6.65. The van der Waals surface area contributed by atoms with Gasteiger partial charge in [0, 0.05) is 36.9 Å². The van der Waals surface area contributed by atoms with Gasteiger partial charge in [0.05, 0.1) is 11.0 Å². The highest BCUT2D eigenvalue weighted by atomic mass is 35.5. The zero-order chi connectivity index (χ0) is 13.8. The van der Waals surface area contributed by atoms with E-state index in [1.165, 1.54) is 5.69 Å². The van der Waals surface area contributed by atoms with Crippen molar-refractivity contribution in [2.24, 2.45) is 5.73 Å². The number of hydrogen-bond donors (Lipinski definition) is 1. The van der Waals surface area contributed by atoms with E-state index in [2.05, 4.69) is 22.8 Å². The summed E-state index contributed by atoms with van der Waals surface area (Å²) in [6, 6.07) is 8.25. The summed E-state index contributed by atoms with van der Waals surface area (Å²) in [4.78, 5) is 5.34. The number of nitrogens with two attached hydrogens (primary N) is 1. The second-order valence-corrected chi connectivity index (χ2v) is 5.74. The van der Waals surface area contributed by atoms with Gasteiger partial charge in [-0.05, 0) is 24.6 Å². The van der Waals surface area contributed by atoms with Gasteiger partial charge >= 0.3 is 0 Å². The lowest BCUT2D eigenvalue weighted by Crippen LogP contribution is -2.53. The number of nitrogens with zero attached hydrogens (tertiary/aromatic N) is 2.